The van der Waals surface area contributed by atoms with Crippen LogP contribution in [-0.2, 0) is 21.5 Å². The highest BCUT2D eigenvalue weighted by molar-refractivity contribution is 6.31. The Kier molecular flexibility index (Phi) is 4.74. The number of ether oxygens (including phenoxy) is 1. The largest absolute Gasteiger partial charge is 0.465 e. The van der Waals surface area contributed by atoms with E-state index >= 15 is 4.39 Å². The van der Waals surface area contributed by atoms with Gasteiger partial charge in [0.2, 0.25) is 5.91 Å². The van der Waals surface area contributed by atoms with E-state index in [0.29, 0.717) is 33.9 Å². The lowest BCUT2D eigenvalue weighted by molar-refractivity contribution is -0.122. The number of esters is 1. The maximum atomic E-state index is 15.6. The fourth-order valence-corrected chi connectivity index (χ4v) is 6.73. The summed E-state index contributed by atoms with van der Waals surface area (Å²) in [5, 5.41) is 6.73. The summed E-state index contributed by atoms with van der Waals surface area (Å²) >= 11 is 12.3. The Balaban J connectivity index is 1.46. The molecule has 4 aromatic rings. The van der Waals surface area contributed by atoms with E-state index in [0.717, 1.165) is 11.4 Å². The third-order valence-electron chi connectivity index (χ3n) is 7.80. The minimum atomic E-state index is -1.27. The first-order valence-electron chi connectivity index (χ1n) is 11.6. The lowest BCUT2D eigenvalue weighted by Crippen LogP contribution is -2.49. The third kappa shape index (κ3) is 2.93. The number of pyridine rings is 2. The number of imidazole rings is 1. The van der Waals surface area contributed by atoms with Gasteiger partial charge in [0.25, 0.3) is 0 Å². The van der Waals surface area contributed by atoms with Gasteiger partial charge in [0, 0.05) is 58.7 Å². The molecule has 2 aliphatic heterocycles. The minimum Gasteiger partial charge on any atom is -0.465 e. The molecule has 4 atom stereocenters. The van der Waals surface area contributed by atoms with Gasteiger partial charge in [0.05, 0.1) is 18.4 Å². The predicted octanol–water partition coefficient (Wildman–Crippen LogP) is 4.20. The van der Waals surface area contributed by atoms with Gasteiger partial charge in [-0.2, -0.15) is 0 Å². The Morgan fingerprint density at radius 3 is 2.89 bits per heavy atom. The molecule has 11 heteroatoms. The fourth-order valence-electron chi connectivity index (χ4n) is 6.39. The monoisotopic (exact) mass is 537 g/mol. The highest BCUT2D eigenvalue weighted by atomic mass is 35.5. The Hall–Kier alpha value is -3.53. The van der Waals surface area contributed by atoms with Crippen molar-refractivity contribution in [1.29, 1.82) is 0 Å². The van der Waals surface area contributed by atoms with Crippen LogP contribution >= 0.6 is 23.2 Å². The molecule has 3 aliphatic rings. The summed E-state index contributed by atoms with van der Waals surface area (Å²) in [6.07, 6.45) is 3.77. The average Bonchev–Trinajstić information content (AvgIpc) is 3.58. The lowest BCUT2D eigenvalue weighted by Gasteiger charge is -2.32. The Morgan fingerprint density at radius 2 is 2.08 bits per heavy atom. The lowest BCUT2D eigenvalue weighted by atomic mass is 9.71. The van der Waals surface area contributed by atoms with Crippen LogP contribution in [0.25, 0.3) is 5.65 Å². The molecule has 3 aromatic heterocycles. The standard InChI is InChI=1S/C26H18Cl2FN5O3/c1-37-24(35)11-5-7-34-17-10-16-19(22(17)32-18(34)8-11)20(13-4-6-30-23(28)21(13)29)26(33-16)14-3-2-12(27)9-15(14)31-25(26)36/h2-9,16,19-20,33H,10H2,1H3,(H,31,36)/t16-,19+,20-,26+/m0/s1. The summed E-state index contributed by atoms with van der Waals surface area (Å²) in [6, 6.07) is 9.90. The van der Waals surface area contributed by atoms with Gasteiger partial charge in [-0.1, -0.05) is 29.3 Å². The van der Waals surface area contributed by atoms with Crippen LogP contribution in [0.1, 0.15) is 44.7 Å². The van der Waals surface area contributed by atoms with Gasteiger partial charge in [-0.25, -0.2) is 19.2 Å². The molecule has 8 nitrogen and oxygen atoms in total. The number of hydrogen-bond donors (Lipinski definition) is 2. The van der Waals surface area contributed by atoms with Crippen molar-refractivity contribution in [3.8, 4) is 0 Å². The fraction of sp³-hybridized carbons (Fsp3) is 0.231. The number of amides is 1. The van der Waals surface area contributed by atoms with Crippen LogP contribution in [0.4, 0.5) is 10.1 Å². The summed E-state index contributed by atoms with van der Waals surface area (Å²) in [5.74, 6) is -2.48. The van der Waals surface area contributed by atoms with Crippen molar-refractivity contribution in [2.75, 3.05) is 12.4 Å². The molecule has 0 saturated carbocycles. The van der Waals surface area contributed by atoms with E-state index in [-0.39, 0.29) is 28.6 Å². The maximum absolute atomic E-state index is 15.6. The molecule has 186 valence electrons. The highest BCUT2D eigenvalue weighted by Crippen LogP contribution is 2.60. The van der Waals surface area contributed by atoms with E-state index in [9.17, 15) is 9.59 Å². The number of fused-ring (bicyclic) bond motifs is 7. The van der Waals surface area contributed by atoms with Crippen LogP contribution in [0.2, 0.25) is 10.2 Å². The molecule has 7 rings (SSSR count). The molecule has 5 heterocycles. The quantitative estimate of drug-likeness (QED) is 0.293. The number of benzene rings is 1. The Morgan fingerprint density at radius 1 is 1.24 bits per heavy atom. The minimum absolute atomic E-state index is 0.210. The predicted molar refractivity (Wildman–Crippen MR) is 134 cm³/mol. The number of carbonyl (C=O) groups is 2. The number of methoxy groups -OCH3 is 1. The first-order chi connectivity index (χ1) is 17.8. The molecule has 0 radical (unpaired) electrons. The summed E-state index contributed by atoms with van der Waals surface area (Å²) in [6.45, 7) is 0. The van der Waals surface area contributed by atoms with Crippen molar-refractivity contribution >= 4 is 46.4 Å². The molecule has 2 N–H and O–H groups in total. The normalized spacial score (nSPS) is 25.3. The van der Waals surface area contributed by atoms with E-state index < -0.39 is 23.2 Å². The van der Waals surface area contributed by atoms with Gasteiger partial charge >= 0.3 is 5.97 Å². The number of hydrogen-bond acceptors (Lipinski definition) is 6. The van der Waals surface area contributed by atoms with Crippen LogP contribution < -0.4 is 10.6 Å². The number of anilines is 1. The number of nitrogens with zero attached hydrogens (tertiary/aromatic N) is 3. The average molecular weight is 538 g/mol. The van der Waals surface area contributed by atoms with Crippen molar-refractivity contribution in [2.24, 2.45) is 0 Å². The van der Waals surface area contributed by atoms with Crippen molar-refractivity contribution in [2.45, 2.75) is 29.8 Å². The van der Waals surface area contributed by atoms with Crippen LogP contribution in [0.5, 0.6) is 0 Å². The summed E-state index contributed by atoms with van der Waals surface area (Å²) < 4.78 is 22.4. The van der Waals surface area contributed by atoms with Gasteiger partial charge in [-0.15, -0.1) is 0 Å². The molecule has 1 spiro atoms. The van der Waals surface area contributed by atoms with Crippen molar-refractivity contribution in [3.05, 3.63) is 92.9 Å². The molecule has 0 bridgehead atoms. The van der Waals surface area contributed by atoms with Gasteiger partial charge in [-0.05, 0) is 35.9 Å². The van der Waals surface area contributed by atoms with E-state index in [1.54, 1.807) is 42.6 Å². The summed E-state index contributed by atoms with van der Waals surface area (Å²) in [5.41, 5.74) is 2.89. The molecule has 37 heavy (non-hydrogen) atoms. The van der Waals surface area contributed by atoms with Crippen molar-refractivity contribution in [3.63, 3.8) is 0 Å². The first-order valence-corrected chi connectivity index (χ1v) is 12.4. The zero-order chi connectivity index (χ0) is 25.6. The summed E-state index contributed by atoms with van der Waals surface area (Å²) in [7, 11) is 1.32. The SMILES string of the molecule is COC(=O)c1ccn2c3c(nc2c1)[C@@H]1[C@H](C3)N[C@@]2(C(=O)Nc3cc(Cl)ccc32)[C@H]1c1ccnc(Cl)c1F. The maximum Gasteiger partial charge on any atom is 0.338 e. The molecular formula is C26H18Cl2FN5O3. The Labute approximate surface area is 219 Å². The Bertz CT molecular complexity index is 1670. The van der Waals surface area contributed by atoms with Gasteiger partial charge in [-0.3, -0.25) is 10.1 Å². The number of carbonyl (C=O) groups excluding carboxylic acids is 2. The van der Waals surface area contributed by atoms with E-state index in [4.69, 9.17) is 32.9 Å². The van der Waals surface area contributed by atoms with Gasteiger partial charge in [0.1, 0.15) is 11.2 Å². The molecule has 1 saturated heterocycles. The topological polar surface area (TPSA) is 97.6 Å². The second-order valence-corrected chi connectivity index (χ2v) is 10.3. The zero-order valence-corrected chi connectivity index (χ0v) is 20.8. The second kappa shape index (κ2) is 7.74. The first kappa shape index (κ1) is 22.7. The third-order valence-corrected chi connectivity index (χ3v) is 8.30. The molecular weight excluding hydrogens is 520 g/mol. The second-order valence-electron chi connectivity index (χ2n) is 9.49. The van der Waals surface area contributed by atoms with Crippen LogP contribution in [-0.4, -0.2) is 39.4 Å². The van der Waals surface area contributed by atoms with Crippen LogP contribution in [0.3, 0.4) is 0 Å². The van der Waals surface area contributed by atoms with Crippen molar-refractivity contribution in [1.82, 2.24) is 19.7 Å². The smallest absolute Gasteiger partial charge is 0.338 e. The van der Waals surface area contributed by atoms with E-state index in [2.05, 4.69) is 15.6 Å². The number of nitrogens with one attached hydrogen (secondary N) is 2. The highest BCUT2D eigenvalue weighted by Gasteiger charge is 2.65. The summed E-state index contributed by atoms with van der Waals surface area (Å²) in [4.78, 5) is 34.6. The molecule has 1 aliphatic carbocycles. The van der Waals surface area contributed by atoms with Crippen LogP contribution in [0, 0.1) is 5.82 Å². The molecule has 1 fully saturated rings. The van der Waals surface area contributed by atoms with Crippen molar-refractivity contribution < 1.29 is 18.7 Å². The van der Waals surface area contributed by atoms with Crippen LogP contribution in [0.15, 0.2) is 48.8 Å². The number of halogens is 3. The molecule has 1 amide bonds. The number of aromatic nitrogens is 3. The molecule has 1 aromatic carbocycles. The molecule has 0 unspecified atom stereocenters. The van der Waals surface area contributed by atoms with Gasteiger partial charge in [0.15, 0.2) is 11.0 Å². The number of rotatable bonds is 2. The van der Waals surface area contributed by atoms with E-state index in [1.807, 2.05) is 4.40 Å². The zero-order valence-electron chi connectivity index (χ0n) is 19.3. The van der Waals surface area contributed by atoms with Gasteiger partial charge < -0.3 is 14.5 Å². The van der Waals surface area contributed by atoms with E-state index in [1.165, 1.54) is 13.3 Å².